The van der Waals surface area contributed by atoms with Crippen molar-refractivity contribution in [1.29, 1.82) is 0 Å². The third-order valence-corrected chi connectivity index (χ3v) is 8.02. The summed E-state index contributed by atoms with van der Waals surface area (Å²) < 4.78 is 23.6. The summed E-state index contributed by atoms with van der Waals surface area (Å²) in [5.41, 5.74) is 1.45. The fraction of sp³-hybridized carbons (Fsp3) is 0.618. The monoisotopic (exact) mass is 687 g/mol. The molecule has 2 N–H and O–H groups in total. The largest absolute Gasteiger partial charge is 0.477 e. The number of unbranched alkanes of at least 4 members (excludes halogenated alkanes) is 4. The minimum atomic E-state index is -1.05. The maximum absolute atomic E-state index is 11.7. The molecule has 264 valence electrons. The molecule has 14 heteroatoms. The molecule has 0 bridgehead atoms. The van der Waals surface area contributed by atoms with Gasteiger partial charge < -0.3 is 29.2 Å². The van der Waals surface area contributed by atoms with Crippen LogP contribution >= 0.6 is 12.2 Å². The van der Waals surface area contributed by atoms with Gasteiger partial charge in [0.25, 0.3) is 0 Å². The summed E-state index contributed by atoms with van der Waals surface area (Å²) in [5.74, 6) is -2.10. The molecule has 1 saturated heterocycles. The zero-order valence-corrected chi connectivity index (χ0v) is 28.5. The summed E-state index contributed by atoms with van der Waals surface area (Å²) >= 11 is 4.64. The second-order valence-electron chi connectivity index (χ2n) is 11.4. The lowest BCUT2D eigenvalue weighted by Gasteiger charge is -2.32. The Morgan fingerprint density at radius 3 is 1.90 bits per heavy atom. The van der Waals surface area contributed by atoms with Gasteiger partial charge in [-0.2, -0.15) is 0 Å². The number of hydrogen-bond acceptors (Lipinski definition) is 12. The number of rotatable bonds is 14. The number of carbonyl (C=O) groups is 2. The molecule has 3 heterocycles. The summed E-state index contributed by atoms with van der Waals surface area (Å²) in [6.07, 6.45) is 5.99. The molecule has 1 aliphatic heterocycles. The molecule has 1 fully saturated rings. The van der Waals surface area contributed by atoms with E-state index >= 15 is 0 Å². The van der Waals surface area contributed by atoms with Crippen LogP contribution in [-0.2, 0) is 25.5 Å². The third-order valence-electron chi connectivity index (χ3n) is 7.89. The highest BCUT2D eigenvalue weighted by Gasteiger charge is 2.23. The molecule has 0 saturated carbocycles. The Labute approximate surface area is 288 Å². The summed E-state index contributed by atoms with van der Waals surface area (Å²) in [5, 5.41) is 21.3. The van der Waals surface area contributed by atoms with Gasteiger partial charge in [0.05, 0.1) is 75.4 Å². The van der Waals surface area contributed by atoms with Crippen molar-refractivity contribution in [3.63, 3.8) is 0 Å². The quantitative estimate of drug-likeness (QED) is 0.165. The third kappa shape index (κ3) is 15.8. The van der Waals surface area contributed by atoms with Crippen molar-refractivity contribution in [3.05, 3.63) is 59.2 Å². The molecule has 0 aromatic carbocycles. The number of aliphatic imine (C=N–C) groups is 1. The van der Waals surface area contributed by atoms with Gasteiger partial charge in [-0.05, 0) is 49.3 Å². The van der Waals surface area contributed by atoms with Gasteiger partial charge >= 0.3 is 11.9 Å². The van der Waals surface area contributed by atoms with Crippen molar-refractivity contribution in [2.75, 3.05) is 85.6 Å². The number of aromatic nitrogens is 2. The molecule has 3 rings (SSSR count). The number of nitrogens with zero attached hydrogens (tertiary/aromatic N) is 5. The molecule has 0 amide bonds. The Kier molecular flexibility index (Phi) is 19.6. The van der Waals surface area contributed by atoms with E-state index in [-0.39, 0.29) is 17.4 Å². The first-order valence-corrected chi connectivity index (χ1v) is 17.1. The number of aromatic carboxylic acids is 2. The molecule has 13 nitrogen and oxygen atoms in total. The molecule has 0 radical (unpaired) electrons. The normalized spacial score (nSPS) is 17.4. The molecule has 2 aromatic rings. The van der Waals surface area contributed by atoms with Gasteiger partial charge in [0.2, 0.25) is 0 Å². The van der Waals surface area contributed by atoms with Crippen molar-refractivity contribution >= 4 is 29.3 Å². The first-order valence-electron chi connectivity index (χ1n) is 16.7. The van der Waals surface area contributed by atoms with Crippen molar-refractivity contribution in [2.45, 2.75) is 51.1 Å². The van der Waals surface area contributed by atoms with Crippen LogP contribution in [0.15, 0.2) is 41.4 Å². The predicted molar refractivity (Wildman–Crippen MR) is 183 cm³/mol. The summed E-state index contributed by atoms with van der Waals surface area (Å²) in [7, 11) is 0. The summed E-state index contributed by atoms with van der Waals surface area (Å²) in [6.45, 7) is 7.30. The average molecular weight is 688 g/mol. The number of carboxylic acids is 2. The van der Waals surface area contributed by atoms with Crippen LogP contribution < -0.4 is 0 Å². The van der Waals surface area contributed by atoms with E-state index in [1.807, 2.05) is 12.1 Å². The second kappa shape index (κ2) is 24.0. The van der Waals surface area contributed by atoms with Gasteiger partial charge in [-0.1, -0.05) is 37.8 Å². The highest BCUT2D eigenvalue weighted by atomic mass is 32.1. The van der Waals surface area contributed by atoms with E-state index in [1.54, 1.807) is 12.1 Å². The van der Waals surface area contributed by atoms with Crippen LogP contribution in [0.3, 0.4) is 0 Å². The van der Waals surface area contributed by atoms with Crippen molar-refractivity contribution in [1.82, 2.24) is 19.8 Å². The van der Waals surface area contributed by atoms with E-state index in [1.165, 1.54) is 12.1 Å². The molecule has 0 spiro atoms. The zero-order chi connectivity index (χ0) is 34.2. The Morgan fingerprint density at radius 2 is 1.29 bits per heavy atom. The number of carboxylic acid groups (broad SMARTS) is 2. The molecule has 1 aliphatic rings. The molecule has 0 aliphatic carbocycles. The number of isothiocyanates is 1. The molecule has 48 heavy (non-hydrogen) atoms. The maximum Gasteiger partial charge on any atom is 0.354 e. The Bertz CT molecular complexity index is 1260. The van der Waals surface area contributed by atoms with Crippen molar-refractivity contribution in [2.24, 2.45) is 4.99 Å². The fourth-order valence-electron chi connectivity index (χ4n) is 5.38. The van der Waals surface area contributed by atoms with Gasteiger partial charge in [0.15, 0.2) is 0 Å². The van der Waals surface area contributed by atoms with E-state index in [0.717, 1.165) is 44.2 Å². The smallest absolute Gasteiger partial charge is 0.354 e. The second-order valence-corrected chi connectivity index (χ2v) is 11.6. The highest BCUT2D eigenvalue weighted by molar-refractivity contribution is 7.78. The first-order chi connectivity index (χ1) is 23.5. The molecule has 2 aromatic heterocycles. The Balaban J connectivity index is 1.58. The number of hydrogen-bond donors (Lipinski definition) is 2. The Hall–Kier alpha value is -3.20. The molecule has 1 atom stereocenters. The standard InChI is InChI=1S/C34H49N5O8S/c40-33(41)30-10-6-8-28(36-30)26-38-14-18-44-22-24-46-20-16-39(17-21-47-25-23-45-19-15-38)32(12-4-2-1-3-5-13-35-27-48)29-9-7-11-31(37-29)34(42)43/h6-11,32H,1-5,12-26H2,(H,40,41)(H,42,43). The minimum absolute atomic E-state index is 0.0194. The minimum Gasteiger partial charge on any atom is -0.477 e. The van der Waals surface area contributed by atoms with Gasteiger partial charge in [-0.15, -0.1) is 0 Å². The maximum atomic E-state index is 11.7. The number of thiocarbonyl (C=S) groups is 1. The van der Waals surface area contributed by atoms with Crippen LogP contribution in [0.4, 0.5) is 0 Å². The van der Waals surface area contributed by atoms with Crippen molar-refractivity contribution < 1.29 is 38.7 Å². The summed E-state index contributed by atoms with van der Waals surface area (Å²) in [4.78, 5) is 40.2. The van der Waals surface area contributed by atoms with Crippen LogP contribution in [-0.4, -0.2) is 133 Å². The Morgan fingerprint density at radius 1 is 0.750 bits per heavy atom. The van der Waals surface area contributed by atoms with Gasteiger partial charge in [0.1, 0.15) is 11.4 Å². The van der Waals surface area contributed by atoms with E-state index in [4.69, 9.17) is 18.9 Å². The zero-order valence-electron chi connectivity index (χ0n) is 27.7. The highest BCUT2D eigenvalue weighted by Crippen LogP contribution is 2.26. The van der Waals surface area contributed by atoms with Crippen LogP contribution in [0, 0.1) is 0 Å². The SMILES string of the molecule is O=C(O)c1cccc(CN2CCOCCOCCN(C(CCCCCCCN=C=S)c3cccc(C(=O)O)n3)CCOCCOCC2)n1. The van der Waals surface area contributed by atoms with Gasteiger partial charge in [0, 0.05) is 39.3 Å². The summed E-state index contributed by atoms with van der Waals surface area (Å²) in [6, 6.07) is 10.1. The van der Waals surface area contributed by atoms with E-state index < -0.39 is 11.9 Å². The lowest BCUT2D eigenvalue weighted by Crippen LogP contribution is -2.36. The van der Waals surface area contributed by atoms with Crippen LogP contribution in [0.5, 0.6) is 0 Å². The van der Waals surface area contributed by atoms with E-state index in [0.29, 0.717) is 97.8 Å². The first kappa shape index (κ1) is 39.2. The van der Waals surface area contributed by atoms with Crippen LogP contribution in [0.2, 0.25) is 0 Å². The molecular formula is C34H49N5O8S. The molecule has 1 unspecified atom stereocenters. The fourth-order valence-corrected chi connectivity index (χ4v) is 5.47. The lowest BCUT2D eigenvalue weighted by atomic mass is 10.0. The van der Waals surface area contributed by atoms with Gasteiger partial charge in [-0.3, -0.25) is 9.80 Å². The topological polar surface area (TPSA) is 156 Å². The number of pyridine rings is 2. The van der Waals surface area contributed by atoms with Crippen LogP contribution in [0.1, 0.15) is 76.9 Å². The van der Waals surface area contributed by atoms with E-state index in [9.17, 15) is 19.8 Å². The average Bonchev–Trinajstić information content (AvgIpc) is 3.08. The molecular weight excluding hydrogens is 638 g/mol. The predicted octanol–water partition coefficient (Wildman–Crippen LogP) is 4.24. The lowest BCUT2D eigenvalue weighted by molar-refractivity contribution is 0.000258. The number of ether oxygens (including phenoxy) is 4. The van der Waals surface area contributed by atoms with E-state index in [2.05, 4.69) is 42.1 Å². The van der Waals surface area contributed by atoms with Crippen molar-refractivity contribution in [3.8, 4) is 0 Å². The van der Waals surface area contributed by atoms with Gasteiger partial charge in [-0.25, -0.2) is 24.5 Å². The van der Waals surface area contributed by atoms with Crippen LogP contribution in [0.25, 0.3) is 0 Å².